The van der Waals surface area contributed by atoms with Crippen LogP contribution in [-0.4, -0.2) is 9.55 Å². The highest BCUT2D eigenvalue weighted by atomic mass is 35.5. The first-order valence-electron chi connectivity index (χ1n) is 7.65. The highest BCUT2D eigenvalue weighted by molar-refractivity contribution is 6.30. The lowest BCUT2D eigenvalue weighted by molar-refractivity contribution is 0.188. The Bertz CT molecular complexity index is 721. The van der Waals surface area contributed by atoms with Gasteiger partial charge in [-0.1, -0.05) is 41.4 Å². The highest BCUT2D eigenvalue weighted by Gasteiger charge is 2.14. The van der Waals surface area contributed by atoms with Crippen molar-refractivity contribution in [1.29, 1.82) is 0 Å². The maximum absolute atomic E-state index is 6.22. The third kappa shape index (κ3) is 4.36. The van der Waals surface area contributed by atoms with E-state index in [1.165, 1.54) is 5.56 Å². The zero-order valence-electron chi connectivity index (χ0n) is 13.0. The molecule has 0 unspecified atom stereocenters. The Morgan fingerprint density at radius 3 is 2.48 bits per heavy atom. The van der Waals surface area contributed by atoms with Crippen LogP contribution in [0, 0.1) is 6.92 Å². The summed E-state index contributed by atoms with van der Waals surface area (Å²) in [5, 5.41) is 0.734. The zero-order valence-corrected chi connectivity index (χ0v) is 13.8. The van der Waals surface area contributed by atoms with E-state index >= 15 is 0 Å². The molecule has 0 spiro atoms. The Morgan fingerprint density at radius 2 is 1.83 bits per heavy atom. The number of ether oxygens (including phenoxy) is 1. The van der Waals surface area contributed by atoms with E-state index in [4.69, 9.17) is 16.3 Å². The third-order valence-electron chi connectivity index (χ3n) is 3.75. The number of nitrogens with zero attached hydrogens (tertiary/aromatic N) is 2. The summed E-state index contributed by atoms with van der Waals surface area (Å²) in [4.78, 5) is 4.08. The van der Waals surface area contributed by atoms with Crippen molar-refractivity contribution in [2.45, 2.75) is 26.0 Å². The van der Waals surface area contributed by atoms with Gasteiger partial charge in [-0.3, -0.25) is 0 Å². The molecule has 2 aromatic carbocycles. The fourth-order valence-corrected chi connectivity index (χ4v) is 2.56. The summed E-state index contributed by atoms with van der Waals surface area (Å²) in [5.41, 5.74) is 2.34. The van der Waals surface area contributed by atoms with Gasteiger partial charge in [0.2, 0.25) is 0 Å². The standard InChI is InChI=1S/C19H19ClN2O/c1-15-2-8-18(9-3-15)23-19(10-12-22-13-11-21-14-22)16-4-6-17(20)7-5-16/h2-9,11,13-14,19H,10,12H2,1H3/t19-/m1/s1. The van der Waals surface area contributed by atoms with Gasteiger partial charge in [-0.15, -0.1) is 0 Å². The molecule has 23 heavy (non-hydrogen) atoms. The molecule has 0 N–H and O–H groups in total. The molecule has 0 aliphatic carbocycles. The van der Waals surface area contributed by atoms with E-state index in [0.717, 1.165) is 29.3 Å². The molecule has 0 fully saturated rings. The van der Waals surface area contributed by atoms with E-state index in [2.05, 4.69) is 28.6 Å². The van der Waals surface area contributed by atoms with E-state index in [-0.39, 0.29) is 6.10 Å². The molecule has 0 saturated carbocycles. The lowest BCUT2D eigenvalue weighted by Gasteiger charge is -2.20. The monoisotopic (exact) mass is 326 g/mol. The molecule has 4 heteroatoms. The van der Waals surface area contributed by atoms with Crippen LogP contribution < -0.4 is 4.74 Å². The zero-order chi connectivity index (χ0) is 16.1. The van der Waals surface area contributed by atoms with Crippen molar-refractivity contribution in [3.05, 3.63) is 83.4 Å². The van der Waals surface area contributed by atoms with Crippen LogP contribution in [-0.2, 0) is 6.54 Å². The van der Waals surface area contributed by atoms with Gasteiger partial charge in [0.25, 0.3) is 0 Å². The first kappa shape index (κ1) is 15.6. The number of aryl methyl sites for hydroxylation is 2. The highest BCUT2D eigenvalue weighted by Crippen LogP contribution is 2.26. The minimum Gasteiger partial charge on any atom is -0.486 e. The van der Waals surface area contributed by atoms with Gasteiger partial charge < -0.3 is 9.30 Å². The van der Waals surface area contributed by atoms with Gasteiger partial charge in [0, 0.05) is 30.4 Å². The van der Waals surface area contributed by atoms with Crippen LogP contribution in [0.1, 0.15) is 23.7 Å². The average Bonchev–Trinajstić information content (AvgIpc) is 3.08. The molecule has 3 rings (SSSR count). The van der Waals surface area contributed by atoms with E-state index < -0.39 is 0 Å². The summed E-state index contributed by atoms with van der Waals surface area (Å²) in [6, 6.07) is 16.0. The van der Waals surface area contributed by atoms with Crippen LogP contribution in [0.25, 0.3) is 0 Å². The maximum Gasteiger partial charge on any atom is 0.125 e. The molecule has 3 nitrogen and oxygen atoms in total. The predicted octanol–water partition coefficient (Wildman–Crippen LogP) is 5.06. The smallest absolute Gasteiger partial charge is 0.125 e. The molecular formula is C19H19ClN2O. The number of hydrogen-bond donors (Lipinski definition) is 0. The van der Waals surface area contributed by atoms with Crippen molar-refractivity contribution in [2.75, 3.05) is 0 Å². The lowest BCUT2D eigenvalue weighted by Crippen LogP contribution is -2.11. The second kappa shape index (κ2) is 7.34. The molecule has 0 aliphatic heterocycles. The molecule has 0 saturated heterocycles. The number of hydrogen-bond acceptors (Lipinski definition) is 2. The number of halogens is 1. The van der Waals surface area contributed by atoms with Gasteiger partial charge in [-0.2, -0.15) is 0 Å². The lowest BCUT2D eigenvalue weighted by atomic mass is 10.1. The summed E-state index contributed by atoms with van der Waals surface area (Å²) < 4.78 is 8.27. The normalized spacial score (nSPS) is 12.1. The van der Waals surface area contributed by atoms with E-state index in [1.807, 2.05) is 48.9 Å². The SMILES string of the molecule is Cc1ccc(O[C@H](CCn2ccnc2)c2ccc(Cl)cc2)cc1. The van der Waals surface area contributed by atoms with Gasteiger partial charge in [-0.25, -0.2) is 4.98 Å². The maximum atomic E-state index is 6.22. The fourth-order valence-electron chi connectivity index (χ4n) is 2.44. The number of rotatable bonds is 6. The van der Waals surface area contributed by atoms with Gasteiger partial charge in [0.1, 0.15) is 11.9 Å². The van der Waals surface area contributed by atoms with Crippen molar-refractivity contribution in [3.8, 4) is 5.75 Å². The van der Waals surface area contributed by atoms with Crippen LogP contribution >= 0.6 is 11.6 Å². The summed E-state index contributed by atoms with van der Waals surface area (Å²) in [5.74, 6) is 0.876. The Balaban J connectivity index is 1.77. The largest absolute Gasteiger partial charge is 0.486 e. The molecule has 3 aromatic rings. The van der Waals surface area contributed by atoms with Crippen molar-refractivity contribution in [2.24, 2.45) is 0 Å². The second-order valence-electron chi connectivity index (χ2n) is 5.56. The molecule has 1 aromatic heterocycles. The number of imidazole rings is 1. The van der Waals surface area contributed by atoms with Crippen LogP contribution in [0.3, 0.4) is 0 Å². The molecule has 0 aliphatic rings. The Labute approximate surface area is 141 Å². The fraction of sp³-hybridized carbons (Fsp3) is 0.211. The summed E-state index contributed by atoms with van der Waals surface area (Å²) in [6.07, 6.45) is 6.40. The minimum absolute atomic E-state index is 0.0302. The topological polar surface area (TPSA) is 27.1 Å². The average molecular weight is 327 g/mol. The number of aromatic nitrogens is 2. The summed E-state index contributed by atoms with van der Waals surface area (Å²) >= 11 is 6.00. The molecule has 0 radical (unpaired) electrons. The van der Waals surface area contributed by atoms with E-state index in [0.29, 0.717) is 0 Å². The van der Waals surface area contributed by atoms with Crippen LogP contribution in [0.5, 0.6) is 5.75 Å². The molecule has 0 amide bonds. The molecule has 1 heterocycles. The van der Waals surface area contributed by atoms with Gasteiger partial charge in [0.05, 0.1) is 6.33 Å². The molecular weight excluding hydrogens is 308 g/mol. The van der Waals surface area contributed by atoms with Crippen LogP contribution in [0.15, 0.2) is 67.3 Å². The van der Waals surface area contributed by atoms with Crippen molar-refractivity contribution < 1.29 is 4.74 Å². The molecule has 118 valence electrons. The van der Waals surface area contributed by atoms with Crippen molar-refractivity contribution >= 4 is 11.6 Å². The van der Waals surface area contributed by atoms with Gasteiger partial charge >= 0.3 is 0 Å². The second-order valence-corrected chi connectivity index (χ2v) is 6.00. The first-order chi connectivity index (χ1) is 11.2. The summed E-state index contributed by atoms with van der Waals surface area (Å²) in [7, 11) is 0. The molecule has 0 bridgehead atoms. The van der Waals surface area contributed by atoms with Gasteiger partial charge in [0.15, 0.2) is 0 Å². The molecule has 1 atom stereocenters. The first-order valence-corrected chi connectivity index (χ1v) is 8.03. The Hall–Kier alpha value is -2.26. The van der Waals surface area contributed by atoms with Crippen molar-refractivity contribution in [1.82, 2.24) is 9.55 Å². The predicted molar refractivity (Wildman–Crippen MR) is 92.8 cm³/mol. The van der Waals surface area contributed by atoms with E-state index in [1.54, 1.807) is 6.20 Å². The minimum atomic E-state index is -0.0302. The van der Waals surface area contributed by atoms with Crippen molar-refractivity contribution in [3.63, 3.8) is 0 Å². The number of benzene rings is 2. The Morgan fingerprint density at radius 1 is 1.09 bits per heavy atom. The van der Waals surface area contributed by atoms with Crippen LogP contribution in [0.2, 0.25) is 5.02 Å². The van der Waals surface area contributed by atoms with Crippen LogP contribution in [0.4, 0.5) is 0 Å². The Kier molecular flexibility index (Phi) is 4.99. The summed E-state index contributed by atoms with van der Waals surface area (Å²) in [6.45, 7) is 2.92. The third-order valence-corrected chi connectivity index (χ3v) is 4.00. The quantitative estimate of drug-likeness (QED) is 0.633. The van der Waals surface area contributed by atoms with Gasteiger partial charge in [-0.05, 0) is 36.8 Å². The van der Waals surface area contributed by atoms with E-state index in [9.17, 15) is 0 Å².